The van der Waals surface area contributed by atoms with Crippen molar-refractivity contribution in [1.29, 1.82) is 0 Å². The fraction of sp³-hybridized carbons (Fsp3) is 0.667. The number of aromatic hydroxyl groups is 1. The lowest BCUT2D eigenvalue weighted by molar-refractivity contribution is 0.278. The van der Waals surface area contributed by atoms with E-state index in [0.29, 0.717) is 17.8 Å². The van der Waals surface area contributed by atoms with Crippen molar-refractivity contribution in [3.63, 3.8) is 0 Å². The molecule has 1 fully saturated rings. The summed E-state index contributed by atoms with van der Waals surface area (Å²) in [6.45, 7) is 3.26. The minimum absolute atomic E-state index is 0.0829. The van der Waals surface area contributed by atoms with Crippen LogP contribution in [-0.4, -0.2) is 21.7 Å². The van der Waals surface area contributed by atoms with Crippen molar-refractivity contribution in [2.24, 2.45) is 5.92 Å². The quantitative estimate of drug-likeness (QED) is 0.690. The van der Waals surface area contributed by atoms with Crippen molar-refractivity contribution >= 4 is 0 Å². The van der Waals surface area contributed by atoms with Crippen molar-refractivity contribution in [3.8, 4) is 5.75 Å². The van der Waals surface area contributed by atoms with Gasteiger partial charge in [0.1, 0.15) is 5.75 Å². The van der Waals surface area contributed by atoms with Crippen molar-refractivity contribution in [1.82, 2.24) is 10.3 Å². The summed E-state index contributed by atoms with van der Waals surface area (Å²) < 4.78 is 0. The summed E-state index contributed by atoms with van der Waals surface area (Å²) in [5, 5.41) is 22.7. The van der Waals surface area contributed by atoms with Crippen molar-refractivity contribution in [3.05, 3.63) is 23.0 Å². The number of rotatable bonds is 6. The van der Waals surface area contributed by atoms with E-state index in [1.54, 1.807) is 13.1 Å². The molecule has 0 saturated heterocycles. The number of pyridine rings is 1. The molecule has 1 saturated carbocycles. The SMILES string of the molecule is Cc1ncc(CO)c(CNCCC2CCCC2)c1O. The highest BCUT2D eigenvalue weighted by molar-refractivity contribution is 5.40. The summed E-state index contributed by atoms with van der Waals surface area (Å²) in [6, 6.07) is 0. The molecule has 0 unspecified atom stereocenters. The Labute approximate surface area is 114 Å². The Kier molecular flexibility index (Phi) is 5.16. The van der Waals surface area contributed by atoms with Gasteiger partial charge in [-0.1, -0.05) is 25.7 Å². The summed E-state index contributed by atoms with van der Waals surface area (Å²) in [5.74, 6) is 1.08. The van der Waals surface area contributed by atoms with E-state index < -0.39 is 0 Å². The van der Waals surface area contributed by atoms with Crippen LogP contribution in [0.25, 0.3) is 0 Å². The van der Waals surface area contributed by atoms with E-state index in [1.807, 2.05) is 0 Å². The smallest absolute Gasteiger partial charge is 0.141 e. The zero-order chi connectivity index (χ0) is 13.7. The normalized spacial score (nSPS) is 16.1. The summed E-state index contributed by atoms with van der Waals surface area (Å²) in [7, 11) is 0. The van der Waals surface area contributed by atoms with Crippen molar-refractivity contribution < 1.29 is 10.2 Å². The predicted molar refractivity (Wildman–Crippen MR) is 74.8 cm³/mol. The van der Waals surface area contributed by atoms with Crippen LogP contribution in [0.5, 0.6) is 5.75 Å². The van der Waals surface area contributed by atoms with Gasteiger partial charge in [0.05, 0.1) is 12.3 Å². The monoisotopic (exact) mass is 264 g/mol. The Morgan fingerprint density at radius 2 is 2.11 bits per heavy atom. The van der Waals surface area contributed by atoms with E-state index in [4.69, 9.17) is 0 Å². The van der Waals surface area contributed by atoms with Crippen LogP contribution in [0.2, 0.25) is 0 Å². The molecule has 0 aliphatic heterocycles. The zero-order valence-electron chi connectivity index (χ0n) is 11.7. The summed E-state index contributed by atoms with van der Waals surface area (Å²) in [5.41, 5.74) is 2.10. The van der Waals surface area contributed by atoms with E-state index in [2.05, 4.69) is 10.3 Å². The molecule has 0 atom stereocenters. The van der Waals surface area contributed by atoms with E-state index in [-0.39, 0.29) is 12.4 Å². The van der Waals surface area contributed by atoms with Crippen LogP contribution in [0.3, 0.4) is 0 Å². The molecule has 0 amide bonds. The number of aryl methyl sites for hydroxylation is 1. The maximum atomic E-state index is 10.0. The minimum atomic E-state index is -0.0829. The van der Waals surface area contributed by atoms with Gasteiger partial charge in [-0.25, -0.2) is 0 Å². The molecule has 0 aromatic carbocycles. The molecule has 1 aromatic rings. The van der Waals surface area contributed by atoms with E-state index in [0.717, 1.165) is 18.0 Å². The highest BCUT2D eigenvalue weighted by Gasteiger charge is 2.15. The lowest BCUT2D eigenvalue weighted by Gasteiger charge is -2.13. The lowest BCUT2D eigenvalue weighted by atomic mass is 10.0. The second-order valence-corrected chi connectivity index (χ2v) is 5.47. The van der Waals surface area contributed by atoms with Crippen LogP contribution >= 0.6 is 0 Å². The van der Waals surface area contributed by atoms with Gasteiger partial charge in [0, 0.05) is 23.9 Å². The third-order valence-electron chi connectivity index (χ3n) is 4.11. The molecular formula is C15H24N2O2. The fourth-order valence-corrected chi connectivity index (χ4v) is 2.84. The Balaban J connectivity index is 1.86. The average molecular weight is 264 g/mol. The van der Waals surface area contributed by atoms with Crippen LogP contribution in [-0.2, 0) is 13.2 Å². The number of aliphatic hydroxyl groups excluding tert-OH is 1. The molecule has 2 rings (SSSR count). The standard InChI is InChI=1S/C15H24N2O2/c1-11-15(19)14(13(10-18)8-17-11)9-16-7-6-12-4-2-3-5-12/h8,12,16,18-19H,2-7,9-10H2,1H3. The molecule has 4 nitrogen and oxygen atoms in total. The highest BCUT2D eigenvalue weighted by atomic mass is 16.3. The third-order valence-corrected chi connectivity index (χ3v) is 4.11. The Hall–Kier alpha value is -1.13. The molecule has 0 bridgehead atoms. The third kappa shape index (κ3) is 3.67. The number of aliphatic hydroxyl groups is 1. The summed E-state index contributed by atoms with van der Waals surface area (Å²) >= 11 is 0. The molecule has 1 aromatic heterocycles. The Morgan fingerprint density at radius 1 is 1.37 bits per heavy atom. The van der Waals surface area contributed by atoms with Gasteiger partial charge in [-0.15, -0.1) is 0 Å². The molecule has 1 aliphatic rings. The fourth-order valence-electron chi connectivity index (χ4n) is 2.84. The van der Waals surface area contributed by atoms with Gasteiger partial charge in [-0.05, 0) is 25.8 Å². The molecule has 4 heteroatoms. The Morgan fingerprint density at radius 3 is 2.79 bits per heavy atom. The second kappa shape index (κ2) is 6.87. The maximum absolute atomic E-state index is 10.0. The first-order valence-electron chi connectivity index (χ1n) is 7.20. The topological polar surface area (TPSA) is 65.4 Å². The van der Waals surface area contributed by atoms with Gasteiger partial charge in [-0.3, -0.25) is 4.98 Å². The maximum Gasteiger partial charge on any atom is 0.141 e. The van der Waals surface area contributed by atoms with Gasteiger partial charge in [0.25, 0.3) is 0 Å². The Bertz CT molecular complexity index is 415. The van der Waals surface area contributed by atoms with Crippen LogP contribution in [0, 0.1) is 12.8 Å². The summed E-state index contributed by atoms with van der Waals surface area (Å²) in [6.07, 6.45) is 8.34. The van der Waals surface area contributed by atoms with Crippen molar-refractivity contribution in [2.45, 2.75) is 52.2 Å². The first kappa shape index (κ1) is 14.3. The number of nitrogens with one attached hydrogen (secondary N) is 1. The average Bonchev–Trinajstić information content (AvgIpc) is 2.92. The van der Waals surface area contributed by atoms with E-state index in [1.165, 1.54) is 32.1 Å². The largest absolute Gasteiger partial charge is 0.506 e. The van der Waals surface area contributed by atoms with Crippen LogP contribution in [0.15, 0.2) is 6.20 Å². The highest BCUT2D eigenvalue weighted by Crippen LogP contribution is 2.27. The lowest BCUT2D eigenvalue weighted by Crippen LogP contribution is -2.18. The summed E-state index contributed by atoms with van der Waals surface area (Å²) in [4.78, 5) is 4.06. The zero-order valence-corrected chi connectivity index (χ0v) is 11.7. The van der Waals surface area contributed by atoms with Crippen LogP contribution < -0.4 is 5.32 Å². The number of hydrogen-bond donors (Lipinski definition) is 3. The first-order chi connectivity index (χ1) is 9.22. The molecule has 1 aliphatic carbocycles. The second-order valence-electron chi connectivity index (χ2n) is 5.47. The van der Waals surface area contributed by atoms with Gasteiger partial charge < -0.3 is 15.5 Å². The van der Waals surface area contributed by atoms with Crippen molar-refractivity contribution in [2.75, 3.05) is 6.54 Å². The van der Waals surface area contributed by atoms with Gasteiger partial charge >= 0.3 is 0 Å². The number of aromatic nitrogens is 1. The predicted octanol–water partition coefficient (Wildman–Crippen LogP) is 2.26. The van der Waals surface area contributed by atoms with E-state index >= 15 is 0 Å². The number of hydrogen-bond acceptors (Lipinski definition) is 4. The first-order valence-corrected chi connectivity index (χ1v) is 7.20. The number of nitrogens with zero attached hydrogens (tertiary/aromatic N) is 1. The van der Waals surface area contributed by atoms with Gasteiger partial charge in [0.2, 0.25) is 0 Å². The molecule has 0 spiro atoms. The minimum Gasteiger partial charge on any atom is -0.506 e. The van der Waals surface area contributed by atoms with Crippen LogP contribution in [0.4, 0.5) is 0 Å². The van der Waals surface area contributed by atoms with Gasteiger partial charge in [-0.2, -0.15) is 0 Å². The molecule has 19 heavy (non-hydrogen) atoms. The molecule has 106 valence electrons. The molecule has 3 N–H and O–H groups in total. The van der Waals surface area contributed by atoms with Gasteiger partial charge in [0.15, 0.2) is 0 Å². The molecule has 1 heterocycles. The molecular weight excluding hydrogens is 240 g/mol. The van der Waals surface area contributed by atoms with Crippen LogP contribution in [0.1, 0.15) is 48.9 Å². The van der Waals surface area contributed by atoms with E-state index in [9.17, 15) is 10.2 Å². The molecule has 0 radical (unpaired) electrons.